The van der Waals surface area contributed by atoms with E-state index >= 15 is 4.39 Å². The van der Waals surface area contributed by atoms with Crippen LogP contribution in [0.2, 0.25) is 0 Å². The predicted octanol–water partition coefficient (Wildman–Crippen LogP) is 6.12. The van der Waals surface area contributed by atoms with Crippen LogP contribution in [0.15, 0.2) is 36.7 Å². The zero-order valence-electron chi connectivity index (χ0n) is 21.5. The maximum atomic E-state index is 15.2. The van der Waals surface area contributed by atoms with Gasteiger partial charge in [-0.2, -0.15) is 0 Å². The van der Waals surface area contributed by atoms with E-state index in [4.69, 9.17) is 4.74 Å². The smallest absolute Gasteiger partial charge is 0.213 e. The van der Waals surface area contributed by atoms with Crippen molar-refractivity contribution in [3.05, 3.63) is 42.5 Å². The lowest BCUT2D eigenvalue weighted by Gasteiger charge is -2.45. The van der Waals surface area contributed by atoms with Crippen molar-refractivity contribution in [2.24, 2.45) is 5.41 Å². The number of methoxy groups -OCH3 is 1. The van der Waals surface area contributed by atoms with Gasteiger partial charge >= 0.3 is 0 Å². The fourth-order valence-electron chi connectivity index (χ4n) is 5.65. The summed E-state index contributed by atoms with van der Waals surface area (Å²) in [6.45, 7) is 4.45. The number of hydrogen-bond acceptors (Lipinski definition) is 7. The van der Waals surface area contributed by atoms with E-state index in [1.165, 1.54) is 19.2 Å². The van der Waals surface area contributed by atoms with E-state index < -0.39 is 12.0 Å². The number of halogens is 2. The zero-order valence-corrected chi connectivity index (χ0v) is 21.5. The number of ether oxygens (including phenoxy) is 1. The summed E-state index contributed by atoms with van der Waals surface area (Å²) in [6.07, 6.45) is 8.25. The first-order valence-electron chi connectivity index (χ1n) is 13.0. The van der Waals surface area contributed by atoms with Gasteiger partial charge in [0.2, 0.25) is 5.88 Å². The van der Waals surface area contributed by atoms with Crippen molar-refractivity contribution in [2.45, 2.75) is 77.0 Å². The Morgan fingerprint density at radius 1 is 1.11 bits per heavy atom. The van der Waals surface area contributed by atoms with E-state index in [2.05, 4.69) is 38.9 Å². The maximum Gasteiger partial charge on any atom is 0.213 e. The van der Waals surface area contributed by atoms with Gasteiger partial charge in [0.15, 0.2) is 11.6 Å². The van der Waals surface area contributed by atoms with Gasteiger partial charge in [-0.25, -0.2) is 18.7 Å². The molecule has 2 saturated carbocycles. The summed E-state index contributed by atoms with van der Waals surface area (Å²) in [4.78, 5) is 10.4. The lowest BCUT2D eigenvalue weighted by molar-refractivity contribution is 0.0994. The van der Waals surface area contributed by atoms with E-state index in [1.807, 2.05) is 0 Å². The van der Waals surface area contributed by atoms with Gasteiger partial charge in [-0.05, 0) is 61.6 Å². The highest BCUT2D eigenvalue weighted by Gasteiger charge is 2.45. The minimum absolute atomic E-state index is 0.104. The molecule has 3 aromatic rings. The largest absolute Gasteiger partial charge is 0.507 e. The van der Waals surface area contributed by atoms with Crippen LogP contribution in [0.5, 0.6) is 11.6 Å². The summed E-state index contributed by atoms with van der Waals surface area (Å²) in [5.41, 5.74) is 1.22. The van der Waals surface area contributed by atoms with Crippen molar-refractivity contribution in [2.75, 3.05) is 12.0 Å². The Bertz CT molecular complexity index is 1250. The van der Waals surface area contributed by atoms with Crippen LogP contribution in [-0.4, -0.2) is 50.6 Å². The van der Waals surface area contributed by atoms with Crippen molar-refractivity contribution >= 4 is 5.82 Å². The van der Waals surface area contributed by atoms with Gasteiger partial charge in [-0.1, -0.05) is 26.3 Å². The second kappa shape index (κ2) is 10.2. The third kappa shape index (κ3) is 5.22. The minimum atomic E-state index is -0.907. The SMILES string of the molecule is CCC[C@]1(C)CC[C@H](F)[C@H](N(c2cnc(-c3ccc(-c4cc(OC)ncc4F)cc3O)nn2)C2CC2)C1. The van der Waals surface area contributed by atoms with Crippen molar-refractivity contribution in [3.8, 4) is 34.1 Å². The highest BCUT2D eigenvalue weighted by atomic mass is 19.1. The molecule has 0 unspecified atom stereocenters. The van der Waals surface area contributed by atoms with Gasteiger partial charge in [-0.3, -0.25) is 0 Å². The van der Waals surface area contributed by atoms with Gasteiger partial charge < -0.3 is 14.7 Å². The Kier molecular flexibility index (Phi) is 6.96. The molecule has 37 heavy (non-hydrogen) atoms. The number of aromatic hydroxyl groups is 1. The number of aromatic nitrogens is 4. The number of phenolic OH excluding ortho intramolecular Hbond substituents is 1. The Morgan fingerprint density at radius 3 is 2.57 bits per heavy atom. The van der Waals surface area contributed by atoms with E-state index in [9.17, 15) is 9.50 Å². The van der Waals surface area contributed by atoms with Crippen LogP contribution in [0.3, 0.4) is 0 Å². The quantitative estimate of drug-likeness (QED) is 0.392. The Morgan fingerprint density at radius 2 is 1.92 bits per heavy atom. The number of anilines is 1. The number of pyridine rings is 1. The molecule has 0 bridgehead atoms. The number of alkyl halides is 1. The zero-order chi connectivity index (χ0) is 26.2. The van der Waals surface area contributed by atoms with Crippen molar-refractivity contribution in [1.82, 2.24) is 20.2 Å². The van der Waals surface area contributed by atoms with Crippen molar-refractivity contribution in [1.29, 1.82) is 0 Å². The molecule has 0 amide bonds. The highest BCUT2D eigenvalue weighted by Crippen LogP contribution is 2.46. The van der Waals surface area contributed by atoms with E-state index in [1.54, 1.807) is 18.3 Å². The molecule has 7 nitrogen and oxygen atoms in total. The summed E-state index contributed by atoms with van der Waals surface area (Å²) in [6, 6.07) is 6.24. The average molecular weight is 510 g/mol. The summed E-state index contributed by atoms with van der Waals surface area (Å²) >= 11 is 0. The Hall–Kier alpha value is -3.36. The fourth-order valence-corrected chi connectivity index (χ4v) is 5.65. The average Bonchev–Trinajstić information content (AvgIpc) is 3.73. The van der Waals surface area contributed by atoms with Crippen molar-refractivity contribution < 1.29 is 18.6 Å². The normalized spacial score (nSPS) is 23.6. The number of hydrogen-bond donors (Lipinski definition) is 1. The van der Waals surface area contributed by atoms with E-state index in [0.717, 1.165) is 44.7 Å². The Labute approximate surface area is 215 Å². The topological polar surface area (TPSA) is 84.3 Å². The molecule has 196 valence electrons. The first-order chi connectivity index (χ1) is 17.8. The van der Waals surface area contributed by atoms with Crippen LogP contribution in [0.25, 0.3) is 22.5 Å². The van der Waals surface area contributed by atoms with Gasteiger partial charge in [0.25, 0.3) is 0 Å². The van der Waals surface area contributed by atoms with E-state index in [0.29, 0.717) is 23.4 Å². The second-order valence-corrected chi connectivity index (χ2v) is 10.6. The molecule has 0 spiro atoms. The van der Waals surface area contributed by atoms with Gasteiger partial charge in [0.1, 0.15) is 17.7 Å². The first-order valence-corrected chi connectivity index (χ1v) is 13.0. The molecule has 0 radical (unpaired) electrons. The lowest BCUT2D eigenvalue weighted by atomic mass is 9.70. The first kappa shape index (κ1) is 25.3. The Balaban J connectivity index is 1.40. The summed E-state index contributed by atoms with van der Waals surface area (Å²) in [7, 11) is 1.45. The molecule has 5 rings (SSSR count). The van der Waals surface area contributed by atoms with Crippen LogP contribution in [0, 0.1) is 11.2 Å². The summed E-state index contributed by atoms with van der Waals surface area (Å²) in [5.74, 6) is 0.452. The van der Waals surface area contributed by atoms with Gasteiger partial charge in [0, 0.05) is 17.7 Å². The molecule has 0 aliphatic heterocycles. The monoisotopic (exact) mass is 509 g/mol. The molecule has 2 heterocycles. The highest BCUT2D eigenvalue weighted by molar-refractivity contribution is 5.73. The molecule has 0 saturated heterocycles. The molecule has 1 N–H and O–H groups in total. The summed E-state index contributed by atoms with van der Waals surface area (Å²) in [5, 5.41) is 19.4. The second-order valence-electron chi connectivity index (χ2n) is 10.6. The molecular formula is C28H33F2N5O2. The molecule has 2 aliphatic rings. The molecule has 2 fully saturated rings. The van der Waals surface area contributed by atoms with Crippen LogP contribution in [0.4, 0.5) is 14.6 Å². The minimum Gasteiger partial charge on any atom is -0.507 e. The third-order valence-corrected chi connectivity index (χ3v) is 7.70. The summed E-state index contributed by atoms with van der Waals surface area (Å²) < 4.78 is 34.7. The number of phenols is 1. The van der Waals surface area contributed by atoms with Crippen LogP contribution in [0.1, 0.15) is 58.8 Å². The fraction of sp³-hybridized carbons (Fsp3) is 0.500. The maximum absolute atomic E-state index is 15.2. The molecule has 9 heteroatoms. The molecule has 2 aromatic heterocycles. The molecule has 2 aliphatic carbocycles. The lowest BCUT2D eigenvalue weighted by Crippen LogP contribution is -2.50. The number of rotatable bonds is 8. The van der Waals surface area contributed by atoms with Crippen molar-refractivity contribution in [3.63, 3.8) is 0 Å². The van der Waals surface area contributed by atoms with E-state index in [-0.39, 0.29) is 40.5 Å². The van der Waals surface area contributed by atoms with Crippen LogP contribution < -0.4 is 9.64 Å². The van der Waals surface area contributed by atoms with Crippen LogP contribution in [-0.2, 0) is 0 Å². The number of nitrogens with zero attached hydrogens (tertiary/aromatic N) is 5. The standard InChI is InChI=1S/C28H33F2N5O2/c1-4-10-28(2)11-9-21(29)23(14-28)35(18-6-7-18)25-16-32-27(34-33-25)19-8-5-17(12-24(19)36)20-13-26(37-3)31-15-22(20)30/h5,8,12-13,15-16,18,21,23,36H,4,6-7,9-11,14H2,1-3H3/t21-,23+,28+/m0/s1. The van der Waals surface area contributed by atoms with Gasteiger partial charge in [0.05, 0.1) is 31.1 Å². The predicted molar refractivity (Wildman–Crippen MR) is 138 cm³/mol. The molecule has 1 aromatic carbocycles. The number of benzene rings is 1. The third-order valence-electron chi connectivity index (χ3n) is 7.70. The van der Waals surface area contributed by atoms with Crippen LogP contribution >= 0.6 is 0 Å². The molecular weight excluding hydrogens is 476 g/mol. The molecule has 3 atom stereocenters. The van der Waals surface area contributed by atoms with Gasteiger partial charge in [-0.15, -0.1) is 10.2 Å².